The Hall–Kier alpha value is -1.06. The Morgan fingerprint density at radius 3 is 2.59 bits per heavy atom. The number of nitrogens with zero attached hydrogens (tertiary/aromatic N) is 2. The fourth-order valence-corrected chi connectivity index (χ4v) is 3.11. The van der Waals surface area contributed by atoms with E-state index >= 15 is 0 Å². The van der Waals surface area contributed by atoms with Gasteiger partial charge in [0.15, 0.2) is 5.96 Å². The first-order chi connectivity index (χ1) is 12.8. The van der Waals surface area contributed by atoms with Crippen molar-refractivity contribution in [1.82, 2.24) is 10.2 Å². The van der Waals surface area contributed by atoms with Crippen molar-refractivity contribution in [2.24, 2.45) is 4.99 Å². The van der Waals surface area contributed by atoms with E-state index in [1.807, 2.05) is 18.2 Å². The standard InChI is InChI=1S/C20H33N3O3.HI/c1-4-21-20(22-16-17-8-5-6-9-19(17)25-3)23-12-10-18(11-13-23)26-15-7-14-24-2;/h5-6,8-9,18H,4,7,10-16H2,1-3H3,(H,21,22);1H. The molecule has 0 bridgehead atoms. The average Bonchev–Trinajstić information content (AvgIpc) is 2.69. The highest BCUT2D eigenvalue weighted by molar-refractivity contribution is 14.0. The van der Waals surface area contributed by atoms with Crippen LogP contribution in [-0.2, 0) is 16.0 Å². The van der Waals surface area contributed by atoms with Crippen LogP contribution in [0.4, 0.5) is 0 Å². The number of ether oxygens (including phenoxy) is 3. The van der Waals surface area contributed by atoms with Crippen molar-refractivity contribution in [3.8, 4) is 5.75 Å². The summed E-state index contributed by atoms with van der Waals surface area (Å²) in [5.74, 6) is 1.85. The maximum Gasteiger partial charge on any atom is 0.194 e. The molecule has 0 aromatic heterocycles. The molecule has 1 aromatic carbocycles. The van der Waals surface area contributed by atoms with Gasteiger partial charge < -0.3 is 24.4 Å². The van der Waals surface area contributed by atoms with Crippen LogP contribution in [0.5, 0.6) is 5.75 Å². The molecule has 0 amide bonds. The number of halogens is 1. The van der Waals surface area contributed by atoms with E-state index in [0.717, 1.165) is 69.4 Å². The van der Waals surface area contributed by atoms with Gasteiger partial charge in [-0.05, 0) is 32.3 Å². The molecule has 2 rings (SSSR count). The zero-order valence-corrected chi connectivity index (χ0v) is 19.1. The third kappa shape index (κ3) is 8.23. The number of nitrogens with one attached hydrogen (secondary N) is 1. The molecule has 1 N–H and O–H groups in total. The lowest BCUT2D eigenvalue weighted by Gasteiger charge is -2.34. The SMILES string of the molecule is CCNC(=NCc1ccccc1OC)N1CCC(OCCCOC)CC1.I. The first kappa shape index (κ1) is 24.0. The van der Waals surface area contributed by atoms with Crippen molar-refractivity contribution in [2.75, 3.05) is 47.1 Å². The van der Waals surface area contributed by atoms with Gasteiger partial charge in [-0.25, -0.2) is 4.99 Å². The molecule has 0 saturated carbocycles. The Balaban J connectivity index is 0.00000364. The molecule has 1 aromatic rings. The van der Waals surface area contributed by atoms with Crippen molar-refractivity contribution >= 4 is 29.9 Å². The lowest BCUT2D eigenvalue weighted by atomic mass is 10.1. The van der Waals surface area contributed by atoms with Crippen LogP contribution in [0.15, 0.2) is 29.3 Å². The molecule has 0 aliphatic carbocycles. The summed E-state index contributed by atoms with van der Waals surface area (Å²) in [4.78, 5) is 7.15. The molecule has 1 saturated heterocycles. The summed E-state index contributed by atoms with van der Waals surface area (Å²) in [7, 11) is 3.43. The number of hydrogen-bond acceptors (Lipinski definition) is 4. The Morgan fingerprint density at radius 1 is 1.19 bits per heavy atom. The number of guanidine groups is 1. The summed E-state index contributed by atoms with van der Waals surface area (Å²) in [6, 6.07) is 8.04. The molecular formula is C20H34IN3O3. The number of methoxy groups -OCH3 is 2. The third-order valence-corrected chi connectivity index (χ3v) is 4.51. The first-order valence-corrected chi connectivity index (χ1v) is 9.54. The first-order valence-electron chi connectivity index (χ1n) is 9.54. The minimum atomic E-state index is 0. The molecular weight excluding hydrogens is 457 g/mol. The molecule has 0 atom stereocenters. The van der Waals surface area contributed by atoms with Crippen molar-refractivity contribution < 1.29 is 14.2 Å². The van der Waals surface area contributed by atoms with Gasteiger partial charge in [-0.15, -0.1) is 24.0 Å². The maximum absolute atomic E-state index is 5.95. The van der Waals surface area contributed by atoms with E-state index < -0.39 is 0 Å². The molecule has 1 heterocycles. The van der Waals surface area contributed by atoms with Crippen LogP contribution in [0.3, 0.4) is 0 Å². The number of likely N-dealkylation sites (tertiary alicyclic amines) is 1. The summed E-state index contributed by atoms with van der Waals surface area (Å²) >= 11 is 0. The van der Waals surface area contributed by atoms with Crippen molar-refractivity contribution in [2.45, 2.75) is 38.8 Å². The van der Waals surface area contributed by atoms with Gasteiger partial charge in [0.25, 0.3) is 0 Å². The quantitative estimate of drug-likeness (QED) is 0.249. The molecule has 0 radical (unpaired) electrons. The second-order valence-electron chi connectivity index (χ2n) is 6.39. The molecule has 6 nitrogen and oxygen atoms in total. The van der Waals surface area contributed by atoms with E-state index in [0.29, 0.717) is 12.6 Å². The van der Waals surface area contributed by atoms with Crippen LogP contribution in [0, 0.1) is 0 Å². The third-order valence-electron chi connectivity index (χ3n) is 4.51. The molecule has 7 heteroatoms. The highest BCUT2D eigenvalue weighted by atomic mass is 127. The molecule has 27 heavy (non-hydrogen) atoms. The van der Waals surface area contributed by atoms with Crippen LogP contribution >= 0.6 is 24.0 Å². The molecule has 0 spiro atoms. The molecule has 1 fully saturated rings. The van der Waals surface area contributed by atoms with Gasteiger partial charge in [0.2, 0.25) is 0 Å². The Labute approximate surface area is 180 Å². The highest BCUT2D eigenvalue weighted by Crippen LogP contribution is 2.19. The zero-order chi connectivity index (χ0) is 18.6. The summed E-state index contributed by atoms with van der Waals surface area (Å²) in [6.45, 7) is 7.04. The summed E-state index contributed by atoms with van der Waals surface area (Å²) in [5, 5.41) is 3.41. The van der Waals surface area contributed by atoms with Gasteiger partial charge in [-0.1, -0.05) is 18.2 Å². The van der Waals surface area contributed by atoms with E-state index in [4.69, 9.17) is 19.2 Å². The Bertz CT molecular complexity index is 549. The maximum atomic E-state index is 5.95. The Morgan fingerprint density at radius 2 is 1.93 bits per heavy atom. The lowest BCUT2D eigenvalue weighted by molar-refractivity contribution is 0.00990. The predicted molar refractivity (Wildman–Crippen MR) is 120 cm³/mol. The van der Waals surface area contributed by atoms with Crippen LogP contribution in [-0.4, -0.2) is 64.0 Å². The van der Waals surface area contributed by atoms with Crippen LogP contribution in [0.2, 0.25) is 0 Å². The topological polar surface area (TPSA) is 55.3 Å². The lowest BCUT2D eigenvalue weighted by Crippen LogP contribution is -2.47. The summed E-state index contributed by atoms with van der Waals surface area (Å²) in [5.41, 5.74) is 1.10. The van der Waals surface area contributed by atoms with E-state index in [9.17, 15) is 0 Å². The average molecular weight is 491 g/mol. The van der Waals surface area contributed by atoms with Crippen molar-refractivity contribution in [3.05, 3.63) is 29.8 Å². The van der Waals surface area contributed by atoms with Gasteiger partial charge in [0.05, 0.1) is 19.8 Å². The highest BCUT2D eigenvalue weighted by Gasteiger charge is 2.21. The number of piperidine rings is 1. The van der Waals surface area contributed by atoms with Crippen LogP contribution < -0.4 is 10.1 Å². The Kier molecular flexibility index (Phi) is 12.4. The van der Waals surface area contributed by atoms with Crippen molar-refractivity contribution in [1.29, 1.82) is 0 Å². The number of para-hydroxylation sites is 1. The van der Waals surface area contributed by atoms with E-state index in [-0.39, 0.29) is 24.0 Å². The second-order valence-corrected chi connectivity index (χ2v) is 6.39. The summed E-state index contributed by atoms with van der Waals surface area (Å²) < 4.78 is 16.4. The number of aliphatic imine (C=N–C) groups is 1. The number of hydrogen-bond donors (Lipinski definition) is 1. The number of rotatable bonds is 9. The van der Waals surface area contributed by atoms with Crippen LogP contribution in [0.25, 0.3) is 0 Å². The van der Waals surface area contributed by atoms with Crippen molar-refractivity contribution in [3.63, 3.8) is 0 Å². The molecule has 0 unspecified atom stereocenters. The fourth-order valence-electron chi connectivity index (χ4n) is 3.11. The molecule has 154 valence electrons. The van der Waals surface area contributed by atoms with E-state index in [2.05, 4.69) is 23.2 Å². The van der Waals surface area contributed by atoms with E-state index in [1.54, 1.807) is 14.2 Å². The molecule has 1 aliphatic rings. The largest absolute Gasteiger partial charge is 0.496 e. The van der Waals surface area contributed by atoms with Gasteiger partial charge in [0.1, 0.15) is 5.75 Å². The minimum absolute atomic E-state index is 0. The van der Waals surface area contributed by atoms with Crippen LogP contribution in [0.1, 0.15) is 31.7 Å². The zero-order valence-electron chi connectivity index (χ0n) is 16.8. The van der Waals surface area contributed by atoms with Gasteiger partial charge in [-0.2, -0.15) is 0 Å². The van der Waals surface area contributed by atoms with Gasteiger partial charge in [0, 0.05) is 45.5 Å². The van der Waals surface area contributed by atoms with E-state index in [1.165, 1.54) is 0 Å². The summed E-state index contributed by atoms with van der Waals surface area (Å²) in [6.07, 6.45) is 3.37. The molecule has 1 aliphatic heterocycles. The minimum Gasteiger partial charge on any atom is -0.496 e. The smallest absolute Gasteiger partial charge is 0.194 e. The second kappa shape index (κ2) is 14.0. The van der Waals surface area contributed by atoms with Gasteiger partial charge in [-0.3, -0.25) is 0 Å². The number of benzene rings is 1. The predicted octanol–water partition coefficient (Wildman–Crippen LogP) is 3.30. The monoisotopic (exact) mass is 491 g/mol. The normalized spacial score (nSPS) is 15.4. The van der Waals surface area contributed by atoms with Gasteiger partial charge >= 0.3 is 0 Å². The fraction of sp³-hybridized carbons (Fsp3) is 0.650.